The molecule has 0 aliphatic carbocycles. The van der Waals surface area contributed by atoms with E-state index in [1.165, 1.54) is 6.20 Å². The van der Waals surface area contributed by atoms with Crippen molar-refractivity contribution < 1.29 is 4.79 Å². The van der Waals surface area contributed by atoms with Crippen LogP contribution in [0.25, 0.3) is 0 Å². The van der Waals surface area contributed by atoms with Gasteiger partial charge < -0.3 is 4.90 Å². The van der Waals surface area contributed by atoms with Crippen LogP contribution in [-0.4, -0.2) is 33.9 Å². The molecule has 1 aromatic heterocycles. The Morgan fingerprint density at radius 3 is 2.65 bits per heavy atom. The molecule has 0 N–H and O–H groups in total. The van der Waals surface area contributed by atoms with Crippen LogP contribution in [0.1, 0.15) is 30.1 Å². The molecule has 1 aromatic rings. The van der Waals surface area contributed by atoms with Crippen LogP contribution in [0.15, 0.2) is 6.20 Å². The second-order valence-corrected chi connectivity index (χ2v) is 5.01. The van der Waals surface area contributed by atoms with Gasteiger partial charge in [-0.1, -0.05) is 18.5 Å². The molecule has 1 aliphatic rings. The Morgan fingerprint density at radius 1 is 1.41 bits per heavy atom. The van der Waals surface area contributed by atoms with E-state index in [9.17, 15) is 4.79 Å². The van der Waals surface area contributed by atoms with Gasteiger partial charge in [-0.25, -0.2) is 9.97 Å². The van der Waals surface area contributed by atoms with Gasteiger partial charge in [0.25, 0.3) is 5.91 Å². The monoisotopic (exact) mass is 273 g/mol. The first-order chi connectivity index (χ1) is 8.08. The van der Waals surface area contributed by atoms with Crippen molar-refractivity contribution in [3.8, 4) is 0 Å². The largest absolute Gasteiger partial charge is 0.338 e. The predicted octanol–water partition coefficient (Wildman–Crippen LogP) is 2.66. The number of hydrogen-bond acceptors (Lipinski definition) is 3. The summed E-state index contributed by atoms with van der Waals surface area (Å²) in [5, 5.41) is 0.174. The Hall–Kier alpha value is -0.870. The molecule has 2 rings (SSSR count). The van der Waals surface area contributed by atoms with Gasteiger partial charge in [-0.3, -0.25) is 4.79 Å². The number of aromatic nitrogens is 2. The van der Waals surface area contributed by atoms with Gasteiger partial charge in [0.1, 0.15) is 5.15 Å². The number of halogens is 2. The molecule has 17 heavy (non-hydrogen) atoms. The highest BCUT2D eigenvalue weighted by Crippen LogP contribution is 2.21. The van der Waals surface area contributed by atoms with Crippen LogP contribution in [0.3, 0.4) is 0 Å². The van der Waals surface area contributed by atoms with Crippen LogP contribution in [0.4, 0.5) is 0 Å². The quantitative estimate of drug-likeness (QED) is 0.584. The summed E-state index contributed by atoms with van der Waals surface area (Å²) in [7, 11) is 0. The number of rotatable bonds is 1. The van der Waals surface area contributed by atoms with Crippen molar-refractivity contribution in [2.75, 3.05) is 13.1 Å². The van der Waals surface area contributed by atoms with Gasteiger partial charge in [0.15, 0.2) is 0 Å². The van der Waals surface area contributed by atoms with Gasteiger partial charge >= 0.3 is 0 Å². The van der Waals surface area contributed by atoms with Crippen molar-refractivity contribution in [1.82, 2.24) is 14.9 Å². The third-order valence-electron chi connectivity index (χ3n) is 3.01. The summed E-state index contributed by atoms with van der Waals surface area (Å²) in [4.78, 5) is 21.5. The molecule has 1 saturated heterocycles. The van der Waals surface area contributed by atoms with Crippen molar-refractivity contribution in [2.24, 2.45) is 5.92 Å². The number of carbonyl (C=O) groups is 1. The minimum absolute atomic E-state index is 0.0545. The fourth-order valence-corrected chi connectivity index (χ4v) is 2.25. The number of nitrogens with zero attached hydrogens (tertiary/aromatic N) is 3. The van der Waals surface area contributed by atoms with E-state index >= 15 is 0 Å². The highest BCUT2D eigenvalue weighted by Gasteiger charge is 2.23. The lowest BCUT2D eigenvalue weighted by Crippen LogP contribution is -2.38. The Bertz CT molecular complexity index is 431. The SMILES string of the molecule is CC1CCN(C(=O)c2cnc(Cl)nc2Cl)CC1. The summed E-state index contributed by atoms with van der Waals surface area (Å²) in [6.07, 6.45) is 3.44. The molecule has 0 aromatic carbocycles. The summed E-state index contributed by atoms with van der Waals surface area (Å²) < 4.78 is 0. The van der Waals surface area contributed by atoms with Crippen LogP contribution in [-0.2, 0) is 0 Å². The van der Waals surface area contributed by atoms with Crippen molar-refractivity contribution in [1.29, 1.82) is 0 Å². The third-order valence-corrected chi connectivity index (χ3v) is 3.48. The van der Waals surface area contributed by atoms with Gasteiger partial charge in [0, 0.05) is 19.3 Å². The van der Waals surface area contributed by atoms with E-state index in [1.54, 1.807) is 4.90 Å². The van der Waals surface area contributed by atoms with Crippen LogP contribution in [0.5, 0.6) is 0 Å². The van der Waals surface area contributed by atoms with E-state index in [-0.39, 0.29) is 16.3 Å². The standard InChI is InChI=1S/C11H13Cl2N3O/c1-7-2-4-16(5-3-7)10(17)8-6-14-11(13)15-9(8)12/h6-7H,2-5H2,1H3. The Morgan fingerprint density at radius 2 is 2.06 bits per heavy atom. The maximum atomic E-state index is 12.2. The Balaban J connectivity index is 2.14. The van der Waals surface area contributed by atoms with Gasteiger partial charge in [-0.2, -0.15) is 0 Å². The van der Waals surface area contributed by atoms with Crippen molar-refractivity contribution in [2.45, 2.75) is 19.8 Å². The van der Waals surface area contributed by atoms with Crippen molar-refractivity contribution >= 4 is 29.1 Å². The highest BCUT2D eigenvalue weighted by atomic mass is 35.5. The third kappa shape index (κ3) is 2.87. The number of amides is 1. The van der Waals surface area contributed by atoms with Crippen LogP contribution >= 0.6 is 23.2 Å². The molecule has 2 heterocycles. The highest BCUT2D eigenvalue weighted by molar-refractivity contribution is 6.34. The van der Waals surface area contributed by atoms with E-state index in [0.717, 1.165) is 25.9 Å². The van der Waals surface area contributed by atoms with E-state index < -0.39 is 0 Å². The maximum absolute atomic E-state index is 12.2. The number of carbonyl (C=O) groups excluding carboxylic acids is 1. The summed E-state index contributed by atoms with van der Waals surface area (Å²) in [5.41, 5.74) is 0.325. The maximum Gasteiger partial charge on any atom is 0.258 e. The first-order valence-electron chi connectivity index (χ1n) is 5.55. The molecule has 1 aliphatic heterocycles. The summed E-state index contributed by atoms with van der Waals surface area (Å²) in [6, 6.07) is 0. The molecular formula is C11H13Cl2N3O. The van der Waals surface area contributed by atoms with Gasteiger partial charge in [-0.15, -0.1) is 0 Å². The second-order valence-electron chi connectivity index (χ2n) is 4.32. The first kappa shape index (κ1) is 12.6. The van der Waals surface area contributed by atoms with Crippen LogP contribution < -0.4 is 0 Å². The topological polar surface area (TPSA) is 46.1 Å². The molecule has 0 bridgehead atoms. The average Bonchev–Trinajstić information content (AvgIpc) is 2.29. The van der Waals surface area contributed by atoms with Gasteiger partial charge in [0.2, 0.25) is 5.28 Å². The number of piperidine rings is 1. The van der Waals surface area contributed by atoms with Gasteiger partial charge in [-0.05, 0) is 30.4 Å². The van der Waals surface area contributed by atoms with E-state index in [0.29, 0.717) is 11.5 Å². The predicted molar refractivity (Wildman–Crippen MR) is 66.4 cm³/mol. The lowest BCUT2D eigenvalue weighted by molar-refractivity contribution is 0.0696. The van der Waals surface area contributed by atoms with E-state index in [4.69, 9.17) is 23.2 Å². The molecule has 0 spiro atoms. The fraction of sp³-hybridized carbons (Fsp3) is 0.545. The lowest BCUT2D eigenvalue weighted by Gasteiger charge is -2.30. The Kier molecular flexibility index (Phi) is 3.84. The summed E-state index contributed by atoms with van der Waals surface area (Å²) >= 11 is 11.5. The number of likely N-dealkylation sites (tertiary alicyclic amines) is 1. The van der Waals surface area contributed by atoms with Crippen molar-refractivity contribution in [3.63, 3.8) is 0 Å². The molecule has 92 valence electrons. The zero-order chi connectivity index (χ0) is 12.4. The molecule has 6 heteroatoms. The van der Waals surface area contributed by atoms with E-state index in [2.05, 4.69) is 16.9 Å². The zero-order valence-corrected chi connectivity index (χ0v) is 11.0. The normalized spacial score (nSPS) is 17.2. The van der Waals surface area contributed by atoms with Crippen LogP contribution in [0, 0.1) is 5.92 Å². The molecule has 1 amide bonds. The molecule has 0 atom stereocenters. The molecular weight excluding hydrogens is 261 g/mol. The number of hydrogen-bond donors (Lipinski definition) is 0. The second kappa shape index (κ2) is 5.19. The molecule has 0 radical (unpaired) electrons. The zero-order valence-electron chi connectivity index (χ0n) is 9.49. The first-order valence-corrected chi connectivity index (χ1v) is 6.31. The van der Waals surface area contributed by atoms with Gasteiger partial charge in [0.05, 0.1) is 5.56 Å². The summed E-state index contributed by atoms with van der Waals surface area (Å²) in [5.74, 6) is 0.564. The minimum Gasteiger partial charge on any atom is -0.338 e. The van der Waals surface area contributed by atoms with E-state index in [1.807, 2.05) is 0 Å². The lowest BCUT2D eigenvalue weighted by atomic mass is 9.99. The molecule has 4 nitrogen and oxygen atoms in total. The molecule has 0 saturated carbocycles. The molecule has 0 unspecified atom stereocenters. The fourth-order valence-electron chi connectivity index (χ4n) is 1.87. The van der Waals surface area contributed by atoms with Crippen molar-refractivity contribution in [3.05, 3.63) is 22.2 Å². The smallest absolute Gasteiger partial charge is 0.258 e. The molecule has 1 fully saturated rings. The Labute approximate surface area is 110 Å². The minimum atomic E-state index is -0.112. The van der Waals surface area contributed by atoms with Crippen LogP contribution in [0.2, 0.25) is 10.4 Å². The average molecular weight is 274 g/mol. The summed E-state index contributed by atoms with van der Waals surface area (Å²) in [6.45, 7) is 3.72.